The minimum absolute atomic E-state index is 0. The topological polar surface area (TPSA) is 494 Å². The van der Waals surface area contributed by atoms with Crippen LogP contribution in [-0.2, 0) is 97.1 Å². The maximum Gasteiger partial charge on any atom is 2.00 e. The average Bonchev–Trinajstić information content (AvgIpc) is 1.59. The van der Waals surface area contributed by atoms with Gasteiger partial charge in [0, 0.05) is 87.8 Å². The van der Waals surface area contributed by atoms with Crippen molar-refractivity contribution >= 4 is 178 Å². The van der Waals surface area contributed by atoms with Gasteiger partial charge < -0.3 is 62.7 Å². The summed E-state index contributed by atoms with van der Waals surface area (Å²) in [6.45, 7) is 2.11. The molecule has 2 radical (unpaired) electrons. The van der Waals surface area contributed by atoms with E-state index in [1.165, 1.54) is 158 Å². The molecule has 17 rings (SSSR count). The second-order valence-corrected chi connectivity index (χ2v) is 32.0. The Kier molecular flexibility index (Phi) is 29.0. The van der Waals surface area contributed by atoms with E-state index in [-0.39, 0.29) is 257 Å². The first-order valence-electron chi connectivity index (χ1n) is 43.2. The number of hydrogen-bond acceptors (Lipinski definition) is 29. The number of aromatic nitrogens is 8. The number of carbonyl (C=O) groups is 8. The molecule has 7 aromatic carbocycles. The molecule has 0 aliphatic carbocycles. The van der Waals surface area contributed by atoms with Gasteiger partial charge in [-0.15, -0.1) is 44.1 Å². The number of benzene rings is 7. The molecule has 0 spiro atoms. The summed E-state index contributed by atoms with van der Waals surface area (Å²) in [5.41, 5.74) is -1.41. The molecule has 37 nitrogen and oxygen atoms in total. The Balaban J connectivity index is 0.00000770. The Morgan fingerprint density at radius 1 is 0.294 bits per heavy atom. The van der Waals surface area contributed by atoms with Crippen molar-refractivity contribution in [3.8, 4) is 66.8 Å². The van der Waals surface area contributed by atoms with E-state index in [0.717, 1.165) is 94.5 Å². The monoisotopic (exact) mass is 2010 g/mol. The number of methoxy groups -OCH3 is 8. The van der Waals surface area contributed by atoms with Crippen molar-refractivity contribution < 1.29 is 130 Å². The molecule has 10 heterocycles. The molecule has 143 heavy (non-hydrogen) atoms. The molecule has 0 amide bonds. The van der Waals surface area contributed by atoms with Crippen LogP contribution in [-0.4, -0.2) is 144 Å². The van der Waals surface area contributed by atoms with Crippen LogP contribution in [0.5, 0.6) is 0 Å². The van der Waals surface area contributed by atoms with Gasteiger partial charge in [-0.1, -0.05) is 86.8 Å². The van der Waals surface area contributed by atoms with Crippen LogP contribution in [0.4, 0.5) is 39.8 Å². The predicted octanol–water partition coefficient (Wildman–Crippen LogP) is 18.7. The number of carbonyl (C=O) groups excluding carboxylic acids is 8. The summed E-state index contributed by atoms with van der Waals surface area (Å²) in [4.78, 5) is 207. The van der Waals surface area contributed by atoms with Crippen LogP contribution in [0.15, 0.2) is 206 Å². The molecule has 4 aliphatic heterocycles. The van der Waals surface area contributed by atoms with Gasteiger partial charge in [0.25, 0.3) is 22.7 Å². The van der Waals surface area contributed by atoms with Gasteiger partial charge in [-0.05, 0) is 207 Å². The zero-order chi connectivity index (χ0) is 99.6. The van der Waals surface area contributed by atoms with Crippen molar-refractivity contribution in [2.75, 3.05) is 61.8 Å². The van der Waals surface area contributed by atoms with Crippen molar-refractivity contribution in [3.05, 3.63) is 320 Å². The van der Waals surface area contributed by atoms with E-state index in [0.29, 0.717) is 17.1 Å². The van der Waals surface area contributed by atoms with Crippen molar-refractivity contribution in [1.82, 2.24) is 39.9 Å². The molecular formula is C104H75Co2N13O24. The van der Waals surface area contributed by atoms with Crippen molar-refractivity contribution in [3.63, 3.8) is 0 Å². The molecule has 0 N–H and O–H groups in total. The number of nitro groups is 4. The van der Waals surface area contributed by atoms with Gasteiger partial charge in [0.1, 0.15) is 0 Å². The van der Waals surface area contributed by atoms with Gasteiger partial charge in [-0.2, -0.15) is 0 Å². The summed E-state index contributed by atoms with van der Waals surface area (Å²) in [6.07, 6.45) is 9.99. The quantitative estimate of drug-likeness (QED) is 0.0160. The first kappa shape index (κ1) is 99.4. The van der Waals surface area contributed by atoms with Crippen molar-refractivity contribution in [2.24, 2.45) is 0 Å². The third-order valence-electron chi connectivity index (χ3n) is 23.9. The fraction of sp³-hybridized carbons (Fsp3) is 0.135. The normalized spacial score (nSPS) is 11.8. The minimum atomic E-state index is -0.995. The molecule has 16 bridgehead atoms. The van der Waals surface area contributed by atoms with Crippen LogP contribution in [0, 0.1) is 40.5 Å². The Morgan fingerprint density at radius 3 is 0.853 bits per heavy atom. The number of hydrogen-bond donors (Lipinski definition) is 0. The number of non-ortho nitro benzene ring substituents is 4. The number of fused-ring (bicyclic) bond motifs is 16. The number of anilines is 3. The molecule has 0 atom stereocenters. The van der Waals surface area contributed by atoms with E-state index in [9.17, 15) is 59.6 Å². The van der Waals surface area contributed by atoms with Gasteiger partial charge >= 0.3 is 81.3 Å². The number of nitrogens with zero attached hydrogens (tertiary/aromatic N) is 13. The van der Waals surface area contributed by atoms with Gasteiger partial charge in [-0.3, -0.25) is 40.5 Å². The molecule has 718 valence electrons. The summed E-state index contributed by atoms with van der Waals surface area (Å²) in [5.74, 6) is -7.69. The largest absolute Gasteiger partial charge is 2.00 e. The van der Waals surface area contributed by atoms with Crippen LogP contribution in [0.25, 0.3) is 157 Å². The zero-order valence-corrected chi connectivity index (χ0v) is 78.8. The smallest absolute Gasteiger partial charge is 0.657 e. The van der Waals surface area contributed by atoms with Crippen LogP contribution in [0.3, 0.4) is 0 Å². The fourth-order valence-electron chi connectivity index (χ4n) is 17.1. The van der Waals surface area contributed by atoms with Gasteiger partial charge in [0.2, 0.25) is 0 Å². The second-order valence-electron chi connectivity index (χ2n) is 32.0. The van der Waals surface area contributed by atoms with E-state index < -0.39 is 67.4 Å². The molecular weight excluding hydrogens is 1930 g/mol. The third kappa shape index (κ3) is 19.2. The van der Waals surface area contributed by atoms with E-state index >= 15 is 19.2 Å². The number of aryl methyl sites for hydroxylation is 1. The fourth-order valence-corrected chi connectivity index (χ4v) is 17.1. The van der Waals surface area contributed by atoms with Gasteiger partial charge in [0.15, 0.2) is 0 Å². The molecule has 0 saturated carbocycles. The molecule has 39 heteroatoms. The number of esters is 8. The average molecular weight is 2010 g/mol. The second kappa shape index (κ2) is 41.7. The minimum Gasteiger partial charge on any atom is -0.657 e. The first-order valence-corrected chi connectivity index (χ1v) is 43.2. The number of ether oxygens (including phenoxy) is 8. The Morgan fingerprint density at radius 2 is 0.552 bits per heavy atom. The van der Waals surface area contributed by atoms with Crippen LogP contribution >= 0.6 is 0 Å². The molecule has 0 fully saturated rings. The third-order valence-corrected chi connectivity index (χ3v) is 23.9. The number of unbranched alkanes of at least 4 members (excludes halogenated alkanes) is 3. The summed E-state index contributed by atoms with van der Waals surface area (Å²) in [7, 11) is 8.97. The molecule has 4 aliphatic rings. The van der Waals surface area contributed by atoms with Crippen molar-refractivity contribution in [1.29, 1.82) is 0 Å². The predicted molar refractivity (Wildman–Crippen MR) is 518 cm³/mol. The Bertz CT molecular complexity index is 7470. The summed E-state index contributed by atoms with van der Waals surface area (Å²) in [5, 5.41) is 49.4. The maximum atomic E-state index is 15.1. The number of nitro benzene ring substituents is 4. The molecule has 0 saturated heterocycles. The van der Waals surface area contributed by atoms with Gasteiger partial charge in [0.05, 0.1) is 144 Å². The van der Waals surface area contributed by atoms with E-state index in [4.69, 9.17) is 77.8 Å². The standard InChI is InChI=1S/C104H77N13O24.2Co/c1-10-11-12-13-14-53-15-29-60(30-16-53)113(61-31-17-58(18-32-61)91-93-71(101(122)138-6)47-83(109-93)87(54-21-35-63(36-22-54)114(126)127)79-43-67(97(118)134-2)75(105-79)51-76-68(98(119)135-3)44-80(106-76)88(55-23-37-64(38-24-55)115(128)129)84-48-72(94(91)110-84)102(123)139-7)62-33-19-59(20-34-62)92-95-73(103(124)140-8)49-85(111-95)89(56-25-39-65(40-26-56)116(130)131)81-45-69(99(120)136-4)77(107-81)52-78-70(100(121)137-5)46-82(108-78)90(57-27-41-66(42-28-57)117(132)133)86-50-74(96(92)112-86)104(125)141-9;;/h15-52H,10-14H2,1-9H3,(H2-2,105,106,107,108,109,110,111,112,118,119,120,121,122,123,124,125);;/q-2;2*+2/p-2. The van der Waals surface area contributed by atoms with Crippen LogP contribution in [0.2, 0.25) is 0 Å². The van der Waals surface area contributed by atoms with Gasteiger partial charge in [-0.25, -0.2) is 58.3 Å². The van der Waals surface area contributed by atoms with E-state index in [2.05, 4.69) is 6.92 Å². The summed E-state index contributed by atoms with van der Waals surface area (Å²) in [6, 6.07) is 50.2. The van der Waals surface area contributed by atoms with E-state index in [1.807, 2.05) is 29.2 Å². The van der Waals surface area contributed by atoms with Crippen LogP contribution in [0.1, 0.15) is 125 Å². The molecule has 0 unspecified atom stereocenters. The first-order chi connectivity index (χ1) is 68.1. The Labute approximate surface area is 830 Å². The Hall–Kier alpha value is -18.1. The zero-order valence-electron chi connectivity index (χ0n) is 76.8. The molecule has 13 aromatic rings. The maximum absolute atomic E-state index is 15.1. The van der Waals surface area contributed by atoms with Crippen LogP contribution < -0.4 is 24.8 Å². The van der Waals surface area contributed by atoms with E-state index in [1.54, 1.807) is 48.5 Å². The summed E-state index contributed by atoms with van der Waals surface area (Å²) >= 11 is 0. The summed E-state index contributed by atoms with van der Waals surface area (Å²) < 4.78 is 43.6. The molecule has 6 aromatic heterocycles. The van der Waals surface area contributed by atoms with Crippen molar-refractivity contribution in [2.45, 2.75) is 39.0 Å². The number of rotatable bonds is 26. The SMILES string of the molecule is CCCCCCc1ccc(N(c2ccc(-c3c4nc(c(-c5ccc([N+](=O)[O-])cc5)c5cc(C(=O)OC)c(cc6nc(c(-c7ccc([N+](=O)[O-])cc7)c7cc(C(=O)OC)c3[n-]7)C=C6C(=O)OC)[n-]5)C=C4C(=O)OC)cc2)c2ccc(-c3c4nc(c(-c5ccc([N+](=O)[O-])cc5)c5cc(C(=O)OC)c(cc6nc(c(-c7ccc([N+](=O)[O-])cc7)c7cc(C(=O)OC)c3[n-]7)C=C6C(=O)OC)[n-]5)C=C4C(=O)OC)cc2)cc1.[Co+2].[Co+2].